The molecular formula is C23H23F2N7O. The van der Waals surface area contributed by atoms with E-state index in [4.69, 9.17) is 0 Å². The standard InChI is InChI=1S/C23H23F2N7O/c1-16(4-3-5-17-6-8-18(9-7-17)22-28-30-31(2)29-22)23(33,13-32-15-26-14-27-32)20-11-10-19(24)12-21(20)25/h3,5-12,14-16,33H,4,13H2,1-2H3/b5-3+/t16-,23+/m0/s1. The number of hydrogen-bond acceptors (Lipinski definition) is 6. The summed E-state index contributed by atoms with van der Waals surface area (Å²) < 4.78 is 29.5. The van der Waals surface area contributed by atoms with Gasteiger partial charge >= 0.3 is 0 Å². The van der Waals surface area contributed by atoms with Crippen molar-refractivity contribution in [1.82, 2.24) is 35.0 Å². The van der Waals surface area contributed by atoms with E-state index in [-0.39, 0.29) is 12.1 Å². The largest absolute Gasteiger partial charge is 0.383 e. The topological polar surface area (TPSA) is 94.5 Å². The summed E-state index contributed by atoms with van der Waals surface area (Å²) in [4.78, 5) is 5.28. The average Bonchev–Trinajstić information content (AvgIpc) is 3.45. The molecule has 0 saturated carbocycles. The molecule has 0 aliphatic rings. The first kappa shape index (κ1) is 22.4. The first-order valence-electron chi connectivity index (χ1n) is 10.4. The van der Waals surface area contributed by atoms with Crippen molar-refractivity contribution in [3.8, 4) is 11.4 Å². The van der Waals surface area contributed by atoms with Crippen LogP contribution in [0.5, 0.6) is 0 Å². The highest BCUT2D eigenvalue weighted by molar-refractivity contribution is 5.59. The lowest BCUT2D eigenvalue weighted by molar-refractivity contribution is -0.0379. The van der Waals surface area contributed by atoms with Gasteiger partial charge in [-0.3, -0.25) is 0 Å². The minimum Gasteiger partial charge on any atom is -0.383 e. The number of hydrogen-bond donors (Lipinski definition) is 1. The van der Waals surface area contributed by atoms with Crippen molar-refractivity contribution in [3.05, 3.63) is 84.0 Å². The van der Waals surface area contributed by atoms with Crippen LogP contribution in [0.1, 0.15) is 24.5 Å². The smallest absolute Gasteiger partial charge is 0.204 e. The van der Waals surface area contributed by atoms with Crippen LogP contribution in [0.15, 0.2) is 61.2 Å². The monoisotopic (exact) mass is 451 g/mol. The van der Waals surface area contributed by atoms with Gasteiger partial charge in [0.1, 0.15) is 29.9 Å². The Labute approximate surface area is 189 Å². The lowest BCUT2D eigenvalue weighted by Crippen LogP contribution is -2.39. The normalized spacial score (nSPS) is 14.5. The fourth-order valence-electron chi connectivity index (χ4n) is 3.65. The molecule has 4 rings (SSSR count). The highest BCUT2D eigenvalue weighted by Gasteiger charge is 2.38. The fourth-order valence-corrected chi connectivity index (χ4v) is 3.65. The van der Waals surface area contributed by atoms with Crippen LogP contribution in [0.25, 0.3) is 17.5 Å². The number of benzene rings is 2. The number of allylic oxidation sites excluding steroid dienone is 1. The Bertz CT molecular complexity index is 1240. The third-order valence-electron chi connectivity index (χ3n) is 5.56. The molecule has 2 aromatic heterocycles. The van der Waals surface area contributed by atoms with Crippen molar-refractivity contribution in [1.29, 1.82) is 0 Å². The van der Waals surface area contributed by atoms with Gasteiger partial charge in [-0.15, -0.1) is 10.2 Å². The van der Waals surface area contributed by atoms with E-state index in [0.29, 0.717) is 12.2 Å². The molecule has 2 heterocycles. The minimum absolute atomic E-state index is 0.0149. The first-order chi connectivity index (χ1) is 15.8. The Hall–Kier alpha value is -3.79. The molecule has 1 N–H and O–H groups in total. The van der Waals surface area contributed by atoms with Crippen molar-refractivity contribution in [2.24, 2.45) is 13.0 Å². The van der Waals surface area contributed by atoms with E-state index in [2.05, 4.69) is 25.5 Å². The number of aromatic nitrogens is 7. The van der Waals surface area contributed by atoms with Crippen LogP contribution in [0.2, 0.25) is 0 Å². The Morgan fingerprint density at radius 3 is 2.58 bits per heavy atom. The van der Waals surface area contributed by atoms with Gasteiger partial charge in [0.15, 0.2) is 0 Å². The highest BCUT2D eigenvalue weighted by Crippen LogP contribution is 2.35. The molecule has 2 aromatic carbocycles. The van der Waals surface area contributed by atoms with E-state index in [9.17, 15) is 13.9 Å². The first-order valence-corrected chi connectivity index (χ1v) is 10.4. The van der Waals surface area contributed by atoms with E-state index in [1.54, 1.807) is 7.05 Å². The molecule has 33 heavy (non-hydrogen) atoms. The molecule has 0 spiro atoms. The minimum atomic E-state index is -1.63. The van der Waals surface area contributed by atoms with Crippen molar-refractivity contribution >= 4 is 6.08 Å². The van der Waals surface area contributed by atoms with Gasteiger partial charge in [-0.2, -0.15) is 9.90 Å². The van der Waals surface area contributed by atoms with Crippen LogP contribution >= 0.6 is 0 Å². The molecule has 4 aromatic rings. The number of rotatable bonds is 8. The summed E-state index contributed by atoms with van der Waals surface area (Å²) in [5, 5.41) is 27.6. The van der Waals surface area contributed by atoms with Gasteiger partial charge in [0.25, 0.3) is 0 Å². The zero-order valence-corrected chi connectivity index (χ0v) is 18.2. The van der Waals surface area contributed by atoms with Crippen molar-refractivity contribution in [2.75, 3.05) is 0 Å². The SMILES string of the molecule is C[C@@H](C/C=C/c1ccc(-c2nnn(C)n2)cc1)[C@](O)(Cn1cncn1)c1ccc(F)cc1F. The van der Waals surface area contributed by atoms with E-state index in [1.165, 1.54) is 28.2 Å². The number of nitrogens with zero attached hydrogens (tertiary/aromatic N) is 7. The Balaban J connectivity index is 1.52. The Morgan fingerprint density at radius 1 is 1.15 bits per heavy atom. The zero-order chi connectivity index (χ0) is 23.4. The lowest BCUT2D eigenvalue weighted by Gasteiger charge is -2.34. The van der Waals surface area contributed by atoms with Gasteiger partial charge in [-0.1, -0.05) is 49.4 Å². The maximum absolute atomic E-state index is 14.6. The van der Waals surface area contributed by atoms with Crippen LogP contribution in [0.3, 0.4) is 0 Å². The van der Waals surface area contributed by atoms with Crippen LogP contribution in [0.4, 0.5) is 8.78 Å². The van der Waals surface area contributed by atoms with Gasteiger partial charge in [0, 0.05) is 17.2 Å². The number of aliphatic hydroxyl groups is 1. The van der Waals surface area contributed by atoms with Crippen LogP contribution in [-0.2, 0) is 19.2 Å². The van der Waals surface area contributed by atoms with E-state index in [1.807, 2.05) is 43.3 Å². The Kier molecular flexibility index (Phi) is 6.36. The van der Waals surface area contributed by atoms with Gasteiger partial charge in [0.2, 0.25) is 5.82 Å². The third-order valence-corrected chi connectivity index (χ3v) is 5.56. The maximum Gasteiger partial charge on any atom is 0.204 e. The van der Waals surface area contributed by atoms with E-state index < -0.39 is 23.2 Å². The van der Waals surface area contributed by atoms with Gasteiger partial charge in [0.05, 0.1) is 13.6 Å². The predicted molar refractivity (Wildman–Crippen MR) is 117 cm³/mol. The molecule has 0 radical (unpaired) electrons. The molecule has 8 nitrogen and oxygen atoms in total. The van der Waals surface area contributed by atoms with E-state index in [0.717, 1.165) is 23.3 Å². The molecule has 2 atom stereocenters. The number of halogens is 2. The molecule has 0 bridgehead atoms. The summed E-state index contributed by atoms with van der Waals surface area (Å²) >= 11 is 0. The average molecular weight is 451 g/mol. The summed E-state index contributed by atoms with van der Waals surface area (Å²) in [5.74, 6) is -1.38. The molecule has 0 aliphatic carbocycles. The summed E-state index contributed by atoms with van der Waals surface area (Å²) in [5.41, 5.74) is 0.184. The van der Waals surface area contributed by atoms with Crippen LogP contribution in [-0.4, -0.2) is 40.1 Å². The lowest BCUT2D eigenvalue weighted by atomic mass is 9.80. The molecule has 0 saturated heterocycles. The second-order valence-electron chi connectivity index (χ2n) is 7.91. The van der Waals surface area contributed by atoms with Crippen molar-refractivity contribution < 1.29 is 13.9 Å². The highest BCUT2D eigenvalue weighted by atomic mass is 19.1. The van der Waals surface area contributed by atoms with Gasteiger partial charge in [-0.25, -0.2) is 18.4 Å². The second kappa shape index (κ2) is 9.37. The summed E-state index contributed by atoms with van der Waals surface area (Å²) in [6.07, 6.45) is 7.06. The zero-order valence-electron chi connectivity index (χ0n) is 18.2. The number of tetrazole rings is 1. The summed E-state index contributed by atoms with van der Waals surface area (Å²) in [6, 6.07) is 10.8. The van der Waals surface area contributed by atoms with Gasteiger partial charge < -0.3 is 5.11 Å². The third kappa shape index (κ3) is 5.01. The number of aryl methyl sites for hydroxylation is 1. The maximum atomic E-state index is 14.6. The molecule has 10 heteroatoms. The van der Waals surface area contributed by atoms with E-state index >= 15 is 0 Å². The van der Waals surface area contributed by atoms with Gasteiger partial charge in [-0.05, 0) is 29.2 Å². The van der Waals surface area contributed by atoms with Crippen molar-refractivity contribution in [3.63, 3.8) is 0 Å². The summed E-state index contributed by atoms with van der Waals surface area (Å²) in [6.45, 7) is 1.79. The molecule has 0 unspecified atom stereocenters. The molecule has 0 amide bonds. The van der Waals surface area contributed by atoms with Crippen LogP contribution < -0.4 is 0 Å². The Morgan fingerprint density at radius 2 is 1.94 bits per heavy atom. The molecular weight excluding hydrogens is 428 g/mol. The molecule has 0 aliphatic heterocycles. The van der Waals surface area contributed by atoms with Crippen molar-refractivity contribution in [2.45, 2.75) is 25.5 Å². The van der Waals surface area contributed by atoms with Crippen LogP contribution in [0, 0.1) is 17.6 Å². The molecule has 0 fully saturated rings. The second-order valence-corrected chi connectivity index (χ2v) is 7.91. The summed E-state index contributed by atoms with van der Waals surface area (Å²) in [7, 11) is 1.71. The quantitative estimate of drug-likeness (QED) is 0.441. The fraction of sp³-hybridized carbons (Fsp3) is 0.261. The predicted octanol–water partition coefficient (Wildman–Crippen LogP) is 3.37. The molecule has 170 valence electrons.